The average Bonchev–Trinajstić information content (AvgIpc) is 3.67. The first-order valence-electron chi connectivity index (χ1n) is 13.7. The van der Waals surface area contributed by atoms with Crippen LogP contribution in [0.5, 0.6) is 0 Å². The molecule has 4 N–H and O–H groups in total. The van der Waals surface area contributed by atoms with Gasteiger partial charge in [-0.3, -0.25) is 4.90 Å². The maximum atomic E-state index is 14.8. The van der Waals surface area contributed by atoms with Crippen LogP contribution in [0.25, 0.3) is 11.0 Å². The summed E-state index contributed by atoms with van der Waals surface area (Å²) in [4.78, 5) is 31.6. The zero-order valence-corrected chi connectivity index (χ0v) is 22.2. The predicted molar refractivity (Wildman–Crippen MR) is 154 cm³/mol. The maximum absolute atomic E-state index is 14.8. The normalized spacial score (nSPS) is 17.9. The summed E-state index contributed by atoms with van der Waals surface area (Å²) >= 11 is 0. The number of halogens is 1. The maximum Gasteiger partial charge on any atom is 0.323 e. The molecule has 0 bridgehead atoms. The van der Waals surface area contributed by atoms with Crippen molar-refractivity contribution in [3.63, 3.8) is 0 Å². The van der Waals surface area contributed by atoms with E-state index in [0.29, 0.717) is 24.5 Å². The van der Waals surface area contributed by atoms with Crippen LogP contribution in [0.2, 0.25) is 0 Å². The van der Waals surface area contributed by atoms with Gasteiger partial charge in [0.25, 0.3) is 0 Å². The molecule has 40 heavy (non-hydrogen) atoms. The van der Waals surface area contributed by atoms with Gasteiger partial charge in [0.1, 0.15) is 29.3 Å². The summed E-state index contributed by atoms with van der Waals surface area (Å²) in [5.74, 6) is 0.406. The number of aliphatic hydroxyl groups is 1. The number of β-amino-alcohol motifs (C(OH)–C–C–N with tert-alkyl or cyclic N) is 1. The van der Waals surface area contributed by atoms with Gasteiger partial charge >= 0.3 is 6.03 Å². The molecule has 0 saturated carbocycles. The van der Waals surface area contributed by atoms with Crippen molar-refractivity contribution in [2.45, 2.75) is 18.9 Å². The van der Waals surface area contributed by atoms with Crippen LogP contribution in [0.4, 0.5) is 32.1 Å². The number of hydrogen-bond donors (Lipinski definition) is 4. The van der Waals surface area contributed by atoms with E-state index in [1.54, 1.807) is 12.4 Å². The van der Waals surface area contributed by atoms with Gasteiger partial charge in [-0.2, -0.15) is 0 Å². The third kappa shape index (κ3) is 5.30. The number of nitrogens with zero attached hydrogens (tertiary/aromatic N) is 5. The largest absolute Gasteiger partial charge is 0.395 e. The van der Waals surface area contributed by atoms with Crippen LogP contribution in [0.3, 0.4) is 0 Å². The number of rotatable bonds is 7. The fourth-order valence-corrected chi connectivity index (χ4v) is 5.79. The Morgan fingerprint density at radius 2 is 1.88 bits per heavy atom. The van der Waals surface area contributed by atoms with Crippen molar-refractivity contribution in [1.29, 1.82) is 0 Å². The summed E-state index contributed by atoms with van der Waals surface area (Å²) in [6, 6.07) is 14.0. The van der Waals surface area contributed by atoms with E-state index in [2.05, 4.69) is 40.3 Å². The van der Waals surface area contributed by atoms with Crippen molar-refractivity contribution in [3.05, 3.63) is 72.4 Å². The van der Waals surface area contributed by atoms with E-state index in [9.17, 15) is 14.3 Å². The molecule has 2 aliphatic rings. The van der Waals surface area contributed by atoms with Crippen LogP contribution in [-0.2, 0) is 0 Å². The minimum Gasteiger partial charge on any atom is -0.395 e. The van der Waals surface area contributed by atoms with Crippen molar-refractivity contribution in [3.8, 4) is 0 Å². The second kappa shape index (κ2) is 11.5. The number of carbonyl (C=O) groups excluding carboxylic acids is 1. The first kappa shape index (κ1) is 26.0. The highest BCUT2D eigenvalue weighted by molar-refractivity contribution is 6.02. The summed E-state index contributed by atoms with van der Waals surface area (Å²) in [6.07, 6.45) is 5.53. The Morgan fingerprint density at radius 1 is 1.02 bits per heavy atom. The van der Waals surface area contributed by atoms with Crippen LogP contribution < -0.4 is 20.4 Å². The van der Waals surface area contributed by atoms with Gasteiger partial charge in [0, 0.05) is 51.2 Å². The third-order valence-electron chi connectivity index (χ3n) is 7.72. The molecule has 0 spiro atoms. The molecule has 2 aromatic carbocycles. The molecule has 4 heterocycles. The molecule has 0 aliphatic carbocycles. The Hall–Kier alpha value is -4.22. The van der Waals surface area contributed by atoms with Crippen LogP contribution in [0, 0.1) is 5.82 Å². The Bertz CT molecular complexity index is 1490. The fourth-order valence-electron chi connectivity index (χ4n) is 5.79. The summed E-state index contributed by atoms with van der Waals surface area (Å²) in [5.41, 5.74) is 3.28. The van der Waals surface area contributed by atoms with Crippen molar-refractivity contribution in [2.75, 3.05) is 66.3 Å². The van der Waals surface area contributed by atoms with Gasteiger partial charge < -0.3 is 30.5 Å². The number of benzene rings is 2. The number of urea groups is 1. The molecule has 0 radical (unpaired) electrons. The molecule has 2 aromatic heterocycles. The van der Waals surface area contributed by atoms with Gasteiger partial charge in [-0.25, -0.2) is 19.2 Å². The SMILES string of the molecule is O=C(Nc1cccc([C@@H]2CN(c3ncnc4[nH]ccc34)CCN2CCO)c1)Nc1c(F)cccc1N1CCCC1. The fraction of sp³-hybridized carbons (Fsp3) is 0.345. The number of fused-ring (bicyclic) bond motifs is 1. The number of anilines is 4. The standard InChI is InChI=1S/C29H33FN8O2/c30-23-7-4-8-24(36-11-1-2-12-36)26(23)35-29(40)34-21-6-3-5-20(17-21)25-18-38(14-13-37(25)15-16-39)28-22-9-10-31-27(22)32-19-33-28/h3-10,17,19,25,39H,1-2,11-16,18H2,(H,31,32,33)(H2,34,35,40)/t25-/m0/s1. The number of H-pyrrole nitrogens is 1. The smallest absolute Gasteiger partial charge is 0.323 e. The molecule has 2 saturated heterocycles. The molecule has 11 heteroatoms. The Labute approximate surface area is 231 Å². The van der Waals surface area contributed by atoms with E-state index in [0.717, 1.165) is 61.4 Å². The van der Waals surface area contributed by atoms with Crippen LogP contribution in [0.15, 0.2) is 61.1 Å². The van der Waals surface area contributed by atoms with E-state index >= 15 is 0 Å². The van der Waals surface area contributed by atoms with Gasteiger partial charge in [-0.1, -0.05) is 18.2 Å². The highest BCUT2D eigenvalue weighted by atomic mass is 19.1. The molecule has 2 aliphatic heterocycles. The number of amides is 2. The topological polar surface area (TPSA) is 113 Å². The lowest BCUT2D eigenvalue weighted by atomic mass is 10.0. The highest BCUT2D eigenvalue weighted by Gasteiger charge is 2.30. The first-order chi connectivity index (χ1) is 19.6. The van der Waals surface area contributed by atoms with Gasteiger partial charge in [0.15, 0.2) is 0 Å². The molecule has 4 aromatic rings. The summed E-state index contributed by atoms with van der Waals surface area (Å²) in [5, 5.41) is 16.3. The van der Waals surface area contributed by atoms with Crippen LogP contribution in [0.1, 0.15) is 24.4 Å². The number of aromatic amines is 1. The number of piperazine rings is 1. The number of hydrogen-bond acceptors (Lipinski definition) is 7. The van der Waals surface area contributed by atoms with Gasteiger partial charge in [0.05, 0.1) is 23.7 Å². The van der Waals surface area contributed by atoms with E-state index in [1.165, 1.54) is 6.07 Å². The molecule has 2 amide bonds. The first-order valence-corrected chi connectivity index (χ1v) is 13.7. The average molecular weight is 545 g/mol. The summed E-state index contributed by atoms with van der Waals surface area (Å²) in [7, 11) is 0. The van der Waals surface area contributed by atoms with Gasteiger partial charge in [0.2, 0.25) is 0 Å². The van der Waals surface area contributed by atoms with Crippen LogP contribution >= 0.6 is 0 Å². The number of nitrogens with one attached hydrogen (secondary N) is 3. The zero-order valence-electron chi connectivity index (χ0n) is 22.2. The Morgan fingerprint density at radius 3 is 2.73 bits per heavy atom. The second-order valence-corrected chi connectivity index (χ2v) is 10.2. The monoisotopic (exact) mass is 544 g/mol. The Balaban J connectivity index is 1.21. The minimum atomic E-state index is -0.504. The highest BCUT2D eigenvalue weighted by Crippen LogP contribution is 2.33. The van der Waals surface area contributed by atoms with Crippen molar-refractivity contribution in [2.24, 2.45) is 0 Å². The van der Waals surface area contributed by atoms with E-state index in [1.807, 2.05) is 42.6 Å². The molecular formula is C29H33FN8O2. The lowest BCUT2D eigenvalue weighted by Crippen LogP contribution is -2.49. The van der Waals surface area contributed by atoms with E-state index in [4.69, 9.17) is 0 Å². The summed E-state index contributed by atoms with van der Waals surface area (Å²) < 4.78 is 14.8. The second-order valence-electron chi connectivity index (χ2n) is 10.2. The molecule has 2 fully saturated rings. The molecule has 0 unspecified atom stereocenters. The molecule has 10 nitrogen and oxygen atoms in total. The quantitative estimate of drug-likeness (QED) is 0.276. The van der Waals surface area contributed by atoms with Crippen LogP contribution in [-0.4, -0.2) is 76.9 Å². The number of aliphatic hydroxyl groups excluding tert-OH is 1. The van der Waals surface area contributed by atoms with E-state index in [-0.39, 0.29) is 18.3 Å². The Kier molecular flexibility index (Phi) is 7.47. The van der Waals surface area contributed by atoms with Crippen molar-refractivity contribution in [1.82, 2.24) is 19.9 Å². The molecular weight excluding hydrogens is 511 g/mol. The molecule has 6 rings (SSSR count). The van der Waals surface area contributed by atoms with Gasteiger partial charge in [-0.15, -0.1) is 0 Å². The predicted octanol–water partition coefficient (Wildman–Crippen LogP) is 4.20. The number of para-hydroxylation sites is 1. The molecule has 1 atom stereocenters. The van der Waals surface area contributed by atoms with Gasteiger partial charge in [-0.05, 0) is 48.7 Å². The van der Waals surface area contributed by atoms with E-state index < -0.39 is 11.8 Å². The number of carbonyl (C=O) groups is 1. The van der Waals surface area contributed by atoms with Crippen molar-refractivity contribution >= 4 is 39.9 Å². The minimum absolute atomic E-state index is 0.0389. The lowest BCUT2D eigenvalue weighted by molar-refractivity contribution is 0.137. The van der Waals surface area contributed by atoms with Crippen molar-refractivity contribution < 1.29 is 14.3 Å². The summed E-state index contributed by atoms with van der Waals surface area (Å²) in [6.45, 7) is 4.43. The zero-order chi connectivity index (χ0) is 27.5. The number of aromatic nitrogens is 3. The molecule has 208 valence electrons. The third-order valence-corrected chi connectivity index (χ3v) is 7.72. The lowest BCUT2D eigenvalue weighted by Gasteiger charge is -2.42.